The number of likely N-dealkylation sites (tertiary alicyclic amines) is 1. The standard InChI is InChI=1S/C13H23NO4/c1-4-18-9-11(15)14-7-5-6-10(8-14)13(2,3)12(16)17/h10H,4-9H2,1-3H3,(H,16,17). The van der Waals surface area contributed by atoms with E-state index in [4.69, 9.17) is 4.74 Å². The number of amides is 1. The molecule has 0 aromatic rings. The molecule has 1 atom stereocenters. The van der Waals surface area contributed by atoms with E-state index in [1.807, 2.05) is 6.92 Å². The van der Waals surface area contributed by atoms with Crippen molar-refractivity contribution in [2.24, 2.45) is 11.3 Å². The average Bonchev–Trinajstić information content (AvgIpc) is 2.35. The van der Waals surface area contributed by atoms with Crippen molar-refractivity contribution in [2.75, 3.05) is 26.3 Å². The molecule has 0 radical (unpaired) electrons. The molecule has 1 unspecified atom stereocenters. The van der Waals surface area contributed by atoms with Gasteiger partial charge in [0.1, 0.15) is 6.61 Å². The Morgan fingerprint density at radius 3 is 2.67 bits per heavy atom. The summed E-state index contributed by atoms with van der Waals surface area (Å²) >= 11 is 0. The summed E-state index contributed by atoms with van der Waals surface area (Å²) in [5, 5.41) is 9.23. The number of carboxylic acids is 1. The number of hydrogen-bond acceptors (Lipinski definition) is 3. The lowest BCUT2D eigenvalue weighted by molar-refractivity contribution is -0.153. The van der Waals surface area contributed by atoms with E-state index in [-0.39, 0.29) is 18.4 Å². The fourth-order valence-corrected chi connectivity index (χ4v) is 2.25. The van der Waals surface area contributed by atoms with Crippen LogP contribution in [0.5, 0.6) is 0 Å². The quantitative estimate of drug-likeness (QED) is 0.808. The molecule has 1 N–H and O–H groups in total. The molecule has 1 fully saturated rings. The number of nitrogens with zero attached hydrogens (tertiary/aromatic N) is 1. The molecule has 104 valence electrons. The van der Waals surface area contributed by atoms with Gasteiger partial charge in [0.25, 0.3) is 0 Å². The van der Waals surface area contributed by atoms with Gasteiger partial charge in [-0.2, -0.15) is 0 Å². The maximum Gasteiger partial charge on any atom is 0.309 e. The van der Waals surface area contributed by atoms with Crippen LogP contribution >= 0.6 is 0 Å². The molecular formula is C13H23NO4. The van der Waals surface area contributed by atoms with Crippen molar-refractivity contribution >= 4 is 11.9 Å². The number of rotatable bonds is 5. The van der Waals surface area contributed by atoms with Crippen molar-refractivity contribution < 1.29 is 19.4 Å². The van der Waals surface area contributed by atoms with Crippen LogP contribution in [0.3, 0.4) is 0 Å². The van der Waals surface area contributed by atoms with Gasteiger partial charge in [0.05, 0.1) is 5.41 Å². The van der Waals surface area contributed by atoms with Crippen LogP contribution in [0.25, 0.3) is 0 Å². The van der Waals surface area contributed by atoms with E-state index in [9.17, 15) is 14.7 Å². The highest BCUT2D eigenvalue weighted by Gasteiger charge is 2.39. The molecule has 0 aliphatic carbocycles. The van der Waals surface area contributed by atoms with Gasteiger partial charge in [-0.1, -0.05) is 0 Å². The van der Waals surface area contributed by atoms with E-state index in [2.05, 4.69) is 0 Å². The van der Waals surface area contributed by atoms with Crippen LogP contribution in [-0.4, -0.2) is 48.2 Å². The number of piperidine rings is 1. The second-order valence-corrected chi connectivity index (χ2v) is 5.34. The second-order valence-electron chi connectivity index (χ2n) is 5.34. The summed E-state index contributed by atoms with van der Waals surface area (Å²) in [5.74, 6) is -0.830. The van der Waals surface area contributed by atoms with Gasteiger partial charge in [-0.3, -0.25) is 9.59 Å². The fraction of sp³-hybridized carbons (Fsp3) is 0.846. The Balaban J connectivity index is 2.61. The Hall–Kier alpha value is -1.10. The fourth-order valence-electron chi connectivity index (χ4n) is 2.25. The smallest absolute Gasteiger partial charge is 0.309 e. The Morgan fingerprint density at radius 1 is 1.44 bits per heavy atom. The van der Waals surface area contributed by atoms with Crippen molar-refractivity contribution in [3.63, 3.8) is 0 Å². The summed E-state index contributed by atoms with van der Waals surface area (Å²) in [5.41, 5.74) is -0.787. The van der Waals surface area contributed by atoms with E-state index in [1.165, 1.54) is 0 Å². The van der Waals surface area contributed by atoms with E-state index < -0.39 is 11.4 Å². The second kappa shape index (κ2) is 6.18. The summed E-state index contributed by atoms with van der Waals surface area (Å²) < 4.78 is 5.11. The summed E-state index contributed by atoms with van der Waals surface area (Å²) in [6.45, 7) is 7.15. The SMILES string of the molecule is CCOCC(=O)N1CCCC(C(C)(C)C(=O)O)C1. The Morgan fingerprint density at radius 2 is 2.11 bits per heavy atom. The molecule has 0 aromatic carbocycles. The molecule has 1 rings (SSSR count). The van der Waals surface area contributed by atoms with Gasteiger partial charge in [0, 0.05) is 19.7 Å². The van der Waals surface area contributed by atoms with Crippen LogP contribution in [0.15, 0.2) is 0 Å². The number of carbonyl (C=O) groups excluding carboxylic acids is 1. The number of hydrogen-bond donors (Lipinski definition) is 1. The largest absolute Gasteiger partial charge is 0.481 e. The molecule has 1 amide bonds. The third-order valence-corrected chi connectivity index (χ3v) is 3.78. The summed E-state index contributed by atoms with van der Waals surface area (Å²) in [6, 6.07) is 0. The highest BCUT2D eigenvalue weighted by atomic mass is 16.5. The number of ether oxygens (including phenoxy) is 1. The molecule has 1 saturated heterocycles. The topological polar surface area (TPSA) is 66.8 Å². The normalized spacial score (nSPS) is 20.8. The summed E-state index contributed by atoms with van der Waals surface area (Å²) in [6.07, 6.45) is 1.72. The summed E-state index contributed by atoms with van der Waals surface area (Å²) in [4.78, 5) is 24.8. The number of aliphatic carboxylic acids is 1. The molecular weight excluding hydrogens is 234 g/mol. The molecule has 5 heteroatoms. The highest BCUT2D eigenvalue weighted by Crippen LogP contribution is 2.34. The predicted molar refractivity (Wildman–Crippen MR) is 67.2 cm³/mol. The van der Waals surface area contributed by atoms with E-state index in [0.717, 1.165) is 12.8 Å². The molecule has 1 heterocycles. The zero-order valence-corrected chi connectivity index (χ0v) is 11.4. The van der Waals surface area contributed by atoms with Crippen LogP contribution in [0.2, 0.25) is 0 Å². The monoisotopic (exact) mass is 257 g/mol. The van der Waals surface area contributed by atoms with Crippen LogP contribution in [0.4, 0.5) is 0 Å². The first-order valence-electron chi connectivity index (χ1n) is 6.48. The predicted octanol–water partition coefficient (Wildman–Crippen LogP) is 1.37. The van der Waals surface area contributed by atoms with Crippen LogP contribution in [0.1, 0.15) is 33.6 Å². The van der Waals surface area contributed by atoms with E-state index in [0.29, 0.717) is 19.7 Å². The molecule has 18 heavy (non-hydrogen) atoms. The van der Waals surface area contributed by atoms with Gasteiger partial charge >= 0.3 is 5.97 Å². The molecule has 1 aliphatic heterocycles. The maximum atomic E-state index is 11.9. The van der Waals surface area contributed by atoms with Crippen molar-refractivity contribution in [3.05, 3.63) is 0 Å². The Labute approximate surface area is 108 Å². The van der Waals surface area contributed by atoms with Crippen molar-refractivity contribution in [1.29, 1.82) is 0 Å². The van der Waals surface area contributed by atoms with Gasteiger partial charge in [-0.15, -0.1) is 0 Å². The van der Waals surface area contributed by atoms with Crippen molar-refractivity contribution in [2.45, 2.75) is 33.6 Å². The van der Waals surface area contributed by atoms with Crippen molar-refractivity contribution in [3.8, 4) is 0 Å². The lowest BCUT2D eigenvalue weighted by Crippen LogP contribution is -2.47. The Bertz CT molecular complexity index is 314. The first-order valence-corrected chi connectivity index (χ1v) is 6.48. The maximum absolute atomic E-state index is 11.9. The number of carbonyl (C=O) groups is 2. The highest BCUT2D eigenvalue weighted by molar-refractivity contribution is 5.78. The van der Waals surface area contributed by atoms with Crippen LogP contribution < -0.4 is 0 Å². The number of carboxylic acid groups (broad SMARTS) is 1. The average molecular weight is 257 g/mol. The van der Waals surface area contributed by atoms with Crippen molar-refractivity contribution in [1.82, 2.24) is 4.90 Å². The molecule has 0 spiro atoms. The lowest BCUT2D eigenvalue weighted by Gasteiger charge is -2.39. The van der Waals surface area contributed by atoms with Crippen LogP contribution in [0, 0.1) is 11.3 Å². The Kier molecular flexibility index (Phi) is 5.14. The molecule has 0 saturated carbocycles. The van der Waals surface area contributed by atoms with Gasteiger partial charge < -0.3 is 14.7 Å². The van der Waals surface area contributed by atoms with E-state index in [1.54, 1.807) is 18.7 Å². The van der Waals surface area contributed by atoms with Gasteiger partial charge in [-0.05, 0) is 39.5 Å². The summed E-state index contributed by atoms with van der Waals surface area (Å²) in [7, 11) is 0. The van der Waals surface area contributed by atoms with Gasteiger partial charge in [-0.25, -0.2) is 0 Å². The first kappa shape index (κ1) is 15.0. The zero-order valence-electron chi connectivity index (χ0n) is 11.4. The minimum Gasteiger partial charge on any atom is -0.481 e. The lowest BCUT2D eigenvalue weighted by atomic mass is 9.74. The molecule has 5 nitrogen and oxygen atoms in total. The van der Waals surface area contributed by atoms with Gasteiger partial charge in [0.15, 0.2) is 0 Å². The van der Waals surface area contributed by atoms with Gasteiger partial charge in [0.2, 0.25) is 5.91 Å². The van der Waals surface area contributed by atoms with E-state index >= 15 is 0 Å². The molecule has 0 bridgehead atoms. The molecule has 0 aromatic heterocycles. The van der Waals surface area contributed by atoms with Crippen LogP contribution in [-0.2, 0) is 14.3 Å². The third-order valence-electron chi connectivity index (χ3n) is 3.78. The first-order chi connectivity index (χ1) is 8.39. The molecule has 1 aliphatic rings. The minimum absolute atomic E-state index is 0.00864. The minimum atomic E-state index is -0.799. The third kappa shape index (κ3) is 3.45. The zero-order chi connectivity index (χ0) is 13.8.